The summed E-state index contributed by atoms with van der Waals surface area (Å²) < 4.78 is 44.0. The number of nitrogens with zero attached hydrogens (tertiary/aromatic N) is 1. The number of sulfonamides is 1. The summed E-state index contributed by atoms with van der Waals surface area (Å²) in [4.78, 5) is 13.0. The Hall–Kier alpha value is -3.43. The van der Waals surface area contributed by atoms with E-state index in [2.05, 4.69) is 5.32 Å². The van der Waals surface area contributed by atoms with Gasteiger partial charge in [-0.05, 0) is 67.1 Å². The van der Waals surface area contributed by atoms with Crippen LogP contribution in [0.5, 0.6) is 17.2 Å². The van der Waals surface area contributed by atoms with Crippen molar-refractivity contribution in [1.29, 1.82) is 0 Å². The largest absolute Gasteiger partial charge is 0.497 e. The van der Waals surface area contributed by atoms with Crippen LogP contribution in [0.2, 0.25) is 5.02 Å². The molecule has 35 heavy (non-hydrogen) atoms. The summed E-state index contributed by atoms with van der Waals surface area (Å²) in [6, 6.07) is 17.3. The van der Waals surface area contributed by atoms with Crippen LogP contribution >= 0.6 is 11.6 Å². The SMILES string of the molecule is COc1ccc(C(C)NC(=O)CN(c2cc(Cl)ccc2OC)S(=O)(=O)c2ccc(OC)cc2)cc1. The van der Waals surface area contributed by atoms with Gasteiger partial charge in [0.1, 0.15) is 23.8 Å². The van der Waals surface area contributed by atoms with Crippen LogP contribution in [0.1, 0.15) is 18.5 Å². The van der Waals surface area contributed by atoms with Crippen molar-refractivity contribution in [3.63, 3.8) is 0 Å². The normalized spacial score (nSPS) is 11.9. The minimum absolute atomic E-state index is 0.0173. The van der Waals surface area contributed by atoms with E-state index in [1.165, 1.54) is 44.6 Å². The lowest BCUT2D eigenvalue weighted by Crippen LogP contribution is -2.41. The second kappa shape index (κ2) is 11.3. The molecule has 0 bridgehead atoms. The number of benzene rings is 3. The summed E-state index contributed by atoms with van der Waals surface area (Å²) in [5.41, 5.74) is 0.979. The Morgan fingerprint density at radius 3 is 2.03 bits per heavy atom. The van der Waals surface area contributed by atoms with Crippen LogP contribution in [0.25, 0.3) is 0 Å². The zero-order valence-corrected chi connectivity index (χ0v) is 21.4. The monoisotopic (exact) mass is 518 g/mol. The maximum Gasteiger partial charge on any atom is 0.264 e. The van der Waals surface area contributed by atoms with Gasteiger partial charge in [0.2, 0.25) is 5.91 Å². The quantitative estimate of drug-likeness (QED) is 0.426. The van der Waals surface area contributed by atoms with E-state index in [0.717, 1.165) is 9.87 Å². The zero-order valence-electron chi connectivity index (χ0n) is 19.8. The fourth-order valence-electron chi connectivity index (χ4n) is 3.43. The van der Waals surface area contributed by atoms with E-state index >= 15 is 0 Å². The van der Waals surface area contributed by atoms with Crippen LogP contribution in [-0.4, -0.2) is 42.2 Å². The molecule has 10 heteroatoms. The molecule has 0 saturated carbocycles. The molecule has 1 N–H and O–H groups in total. The highest BCUT2D eigenvalue weighted by Crippen LogP contribution is 2.35. The lowest BCUT2D eigenvalue weighted by molar-refractivity contribution is -0.120. The van der Waals surface area contributed by atoms with Gasteiger partial charge in [0, 0.05) is 5.02 Å². The average molecular weight is 519 g/mol. The van der Waals surface area contributed by atoms with Gasteiger partial charge in [-0.1, -0.05) is 23.7 Å². The first-order valence-corrected chi connectivity index (χ1v) is 12.4. The smallest absolute Gasteiger partial charge is 0.264 e. The van der Waals surface area contributed by atoms with E-state index in [0.29, 0.717) is 16.5 Å². The summed E-state index contributed by atoms with van der Waals surface area (Å²) in [6.07, 6.45) is 0. The topological polar surface area (TPSA) is 94.2 Å². The molecule has 0 aliphatic rings. The Balaban J connectivity index is 1.95. The maximum atomic E-state index is 13.7. The van der Waals surface area contributed by atoms with Crippen LogP contribution < -0.4 is 23.8 Å². The molecule has 186 valence electrons. The Labute approximate surface area is 210 Å². The minimum Gasteiger partial charge on any atom is -0.497 e. The van der Waals surface area contributed by atoms with Crippen molar-refractivity contribution >= 4 is 33.2 Å². The number of ether oxygens (including phenoxy) is 3. The van der Waals surface area contributed by atoms with Gasteiger partial charge in [-0.25, -0.2) is 8.42 Å². The number of carbonyl (C=O) groups excluding carboxylic acids is 1. The van der Waals surface area contributed by atoms with Gasteiger partial charge in [0.25, 0.3) is 10.0 Å². The maximum absolute atomic E-state index is 13.7. The number of nitrogens with one attached hydrogen (secondary N) is 1. The Morgan fingerprint density at radius 1 is 0.914 bits per heavy atom. The molecule has 0 fully saturated rings. The van der Waals surface area contributed by atoms with Crippen LogP contribution in [0.15, 0.2) is 71.6 Å². The first-order chi connectivity index (χ1) is 16.7. The second-order valence-corrected chi connectivity index (χ2v) is 9.86. The predicted octanol–water partition coefficient (Wildman–Crippen LogP) is 4.44. The van der Waals surface area contributed by atoms with Crippen molar-refractivity contribution in [2.75, 3.05) is 32.2 Å². The third kappa shape index (κ3) is 6.17. The van der Waals surface area contributed by atoms with Crippen LogP contribution in [-0.2, 0) is 14.8 Å². The van der Waals surface area contributed by atoms with Crippen molar-refractivity contribution in [1.82, 2.24) is 5.32 Å². The Kier molecular flexibility index (Phi) is 8.48. The number of amides is 1. The van der Waals surface area contributed by atoms with Crippen molar-refractivity contribution < 1.29 is 27.4 Å². The second-order valence-electron chi connectivity index (χ2n) is 7.57. The molecule has 3 rings (SSSR count). The summed E-state index contributed by atoms with van der Waals surface area (Å²) in [6.45, 7) is 1.31. The highest BCUT2D eigenvalue weighted by molar-refractivity contribution is 7.92. The number of hydrogen-bond donors (Lipinski definition) is 1. The molecule has 0 aliphatic heterocycles. The van der Waals surface area contributed by atoms with Gasteiger partial charge < -0.3 is 19.5 Å². The third-order valence-electron chi connectivity index (χ3n) is 5.34. The molecular weight excluding hydrogens is 492 g/mol. The summed E-state index contributed by atoms with van der Waals surface area (Å²) in [5, 5.41) is 3.14. The van der Waals surface area contributed by atoms with E-state index in [9.17, 15) is 13.2 Å². The molecule has 1 atom stereocenters. The lowest BCUT2D eigenvalue weighted by Gasteiger charge is -2.26. The van der Waals surface area contributed by atoms with Crippen molar-refractivity contribution in [3.05, 3.63) is 77.3 Å². The number of anilines is 1. The third-order valence-corrected chi connectivity index (χ3v) is 7.35. The zero-order chi connectivity index (χ0) is 25.6. The number of hydrogen-bond acceptors (Lipinski definition) is 6. The molecule has 1 amide bonds. The lowest BCUT2D eigenvalue weighted by atomic mass is 10.1. The molecule has 0 spiro atoms. The molecule has 0 radical (unpaired) electrons. The van der Waals surface area contributed by atoms with E-state index in [4.69, 9.17) is 25.8 Å². The fourth-order valence-corrected chi connectivity index (χ4v) is 5.02. The van der Waals surface area contributed by atoms with Crippen LogP contribution in [0.3, 0.4) is 0 Å². The van der Waals surface area contributed by atoms with Crippen molar-refractivity contribution in [2.24, 2.45) is 0 Å². The van der Waals surface area contributed by atoms with Crippen LogP contribution in [0, 0.1) is 0 Å². The van der Waals surface area contributed by atoms with Gasteiger partial charge in [-0.2, -0.15) is 0 Å². The van der Waals surface area contributed by atoms with E-state index in [-0.39, 0.29) is 22.4 Å². The van der Waals surface area contributed by atoms with Gasteiger partial charge in [0.05, 0.1) is 38.0 Å². The molecule has 0 aliphatic carbocycles. The number of methoxy groups -OCH3 is 3. The molecule has 1 unspecified atom stereocenters. The molecular formula is C25H27ClN2O6S. The van der Waals surface area contributed by atoms with E-state index < -0.39 is 22.5 Å². The summed E-state index contributed by atoms with van der Waals surface area (Å²) in [7, 11) is 0.301. The highest BCUT2D eigenvalue weighted by atomic mass is 35.5. The number of carbonyl (C=O) groups is 1. The summed E-state index contributed by atoms with van der Waals surface area (Å²) >= 11 is 6.17. The van der Waals surface area contributed by atoms with Crippen molar-refractivity contribution in [3.8, 4) is 17.2 Å². The first kappa shape index (κ1) is 26.2. The Bertz CT molecular complexity index is 1260. The van der Waals surface area contributed by atoms with Gasteiger partial charge in [-0.15, -0.1) is 0 Å². The first-order valence-electron chi connectivity index (χ1n) is 10.6. The van der Waals surface area contributed by atoms with Gasteiger partial charge >= 0.3 is 0 Å². The fraction of sp³-hybridized carbons (Fsp3) is 0.240. The standard InChI is InChI=1S/C25H27ClN2O6S/c1-17(18-5-8-20(32-2)9-6-18)27-25(29)16-28(23-15-19(26)7-14-24(23)34-4)35(30,31)22-12-10-21(33-3)11-13-22/h5-15,17H,16H2,1-4H3,(H,27,29). The molecule has 0 heterocycles. The number of halogens is 1. The van der Waals surface area contributed by atoms with Gasteiger partial charge in [-0.3, -0.25) is 9.10 Å². The minimum atomic E-state index is -4.17. The number of rotatable bonds is 10. The molecule has 0 saturated heterocycles. The van der Waals surface area contributed by atoms with E-state index in [1.807, 2.05) is 19.1 Å². The predicted molar refractivity (Wildman–Crippen MR) is 135 cm³/mol. The molecule has 3 aromatic rings. The van der Waals surface area contributed by atoms with E-state index in [1.54, 1.807) is 31.4 Å². The Morgan fingerprint density at radius 2 is 1.49 bits per heavy atom. The summed E-state index contributed by atoms with van der Waals surface area (Å²) in [5.74, 6) is 0.939. The molecule has 3 aromatic carbocycles. The van der Waals surface area contributed by atoms with Gasteiger partial charge in [0.15, 0.2) is 0 Å². The molecule has 0 aromatic heterocycles. The van der Waals surface area contributed by atoms with Crippen LogP contribution in [0.4, 0.5) is 5.69 Å². The highest BCUT2D eigenvalue weighted by Gasteiger charge is 2.30. The average Bonchev–Trinajstić information content (AvgIpc) is 2.87. The van der Waals surface area contributed by atoms with Crippen molar-refractivity contribution in [2.45, 2.75) is 17.9 Å². The molecule has 8 nitrogen and oxygen atoms in total.